The number of carbonyl (C=O) groups excluding carboxylic acids is 1. The summed E-state index contributed by atoms with van der Waals surface area (Å²) in [6, 6.07) is 2.44. The van der Waals surface area contributed by atoms with Gasteiger partial charge in [0, 0.05) is 6.07 Å². The highest BCUT2D eigenvalue weighted by atomic mass is 32.2. The molecule has 9 nitrogen and oxygen atoms in total. The van der Waals surface area contributed by atoms with Crippen LogP contribution in [-0.2, 0) is 15.6 Å². The first-order valence-corrected chi connectivity index (χ1v) is 5.66. The van der Waals surface area contributed by atoms with Gasteiger partial charge in [-0.3, -0.25) is 24.4 Å². The minimum atomic E-state index is -2.19. The number of non-ortho nitro benzene ring substituents is 1. The fourth-order valence-corrected chi connectivity index (χ4v) is 2.10. The fourth-order valence-electron chi connectivity index (χ4n) is 1.14. The van der Waals surface area contributed by atoms with Gasteiger partial charge in [-0.2, -0.15) is 0 Å². The molecule has 0 N–H and O–H groups in total. The molecular weight excluding hydrogens is 268 g/mol. The molecule has 1 atom stereocenters. The number of nitrogens with zero attached hydrogens (tertiary/aromatic N) is 2. The summed E-state index contributed by atoms with van der Waals surface area (Å²) in [6.45, 7) is 0. The van der Waals surface area contributed by atoms with Gasteiger partial charge in [0.15, 0.2) is 0 Å². The lowest BCUT2D eigenvalue weighted by atomic mass is 10.3. The molecule has 0 aromatic heterocycles. The van der Waals surface area contributed by atoms with E-state index >= 15 is 0 Å². The minimum Gasteiger partial charge on any atom is -0.549 e. The Labute approximate surface area is 102 Å². The lowest BCUT2D eigenvalue weighted by molar-refractivity contribution is -0.396. The summed E-state index contributed by atoms with van der Waals surface area (Å²) < 4.78 is 11.5. The lowest BCUT2D eigenvalue weighted by Gasteiger charge is -2.03. The lowest BCUT2D eigenvalue weighted by Crippen LogP contribution is -2.28. The van der Waals surface area contributed by atoms with Crippen molar-refractivity contribution in [2.45, 2.75) is 4.90 Å². The largest absolute Gasteiger partial charge is 0.549 e. The van der Waals surface area contributed by atoms with E-state index in [-0.39, 0.29) is 0 Å². The predicted molar refractivity (Wildman–Crippen MR) is 56.0 cm³/mol. The molecule has 0 saturated carbocycles. The first kappa shape index (κ1) is 13.7. The zero-order valence-electron chi connectivity index (χ0n) is 8.60. The summed E-state index contributed by atoms with van der Waals surface area (Å²) in [4.78, 5) is 29.2. The van der Waals surface area contributed by atoms with Crippen molar-refractivity contribution >= 4 is 28.1 Å². The molecule has 0 spiro atoms. The van der Waals surface area contributed by atoms with Gasteiger partial charge in [-0.05, 0) is 6.07 Å². The number of hydrogen-bond acceptors (Lipinski definition) is 7. The van der Waals surface area contributed by atoms with Crippen LogP contribution in [0.3, 0.4) is 0 Å². The first-order chi connectivity index (χ1) is 8.32. The molecule has 0 radical (unpaired) electrons. The second-order valence-corrected chi connectivity index (χ2v) is 4.45. The van der Waals surface area contributed by atoms with Gasteiger partial charge in [-0.25, -0.2) is 0 Å². The Kier molecular flexibility index (Phi) is 4.05. The highest BCUT2D eigenvalue weighted by Gasteiger charge is 2.23. The smallest absolute Gasteiger partial charge is 0.292 e. The molecule has 1 aromatic carbocycles. The van der Waals surface area contributed by atoms with Gasteiger partial charge in [-0.15, -0.1) is 0 Å². The summed E-state index contributed by atoms with van der Waals surface area (Å²) in [7, 11) is -2.19. The van der Waals surface area contributed by atoms with Crippen LogP contribution in [0.25, 0.3) is 0 Å². The van der Waals surface area contributed by atoms with Gasteiger partial charge in [0.05, 0.1) is 38.4 Å². The van der Waals surface area contributed by atoms with Crippen molar-refractivity contribution < 1.29 is 24.0 Å². The van der Waals surface area contributed by atoms with Gasteiger partial charge in [-0.1, -0.05) is 0 Å². The van der Waals surface area contributed by atoms with Crippen molar-refractivity contribution in [1.29, 1.82) is 0 Å². The van der Waals surface area contributed by atoms with Crippen molar-refractivity contribution in [3.63, 3.8) is 0 Å². The van der Waals surface area contributed by atoms with E-state index in [0.29, 0.717) is 6.07 Å². The van der Waals surface area contributed by atoms with E-state index in [2.05, 4.69) is 0 Å². The van der Waals surface area contributed by atoms with E-state index < -0.39 is 48.6 Å². The Balaban J connectivity index is 3.27. The van der Waals surface area contributed by atoms with Gasteiger partial charge < -0.3 is 9.90 Å². The molecule has 0 heterocycles. The van der Waals surface area contributed by atoms with E-state index in [1.54, 1.807) is 0 Å². The predicted octanol–water partition coefficient (Wildman–Crippen LogP) is -0.640. The number of carboxylic acids is 1. The number of rotatable bonds is 5. The molecular formula is C8H5N2O7S-. The van der Waals surface area contributed by atoms with Gasteiger partial charge in [0.1, 0.15) is 4.90 Å². The summed E-state index contributed by atoms with van der Waals surface area (Å²) in [5.74, 6) is -2.56. The van der Waals surface area contributed by atoms with Gasteiger partial charge in [0.2, 0.25) is 0 Å². The highest BCUT2D eigenvalue weighted by molar-refractivity contribution is 7.85. The molecule has 0 bridgehead atoms. The van der Waals surface area contributed by atoms with Crippen molar-refractivity contribution in [3.05, 3.63) is 38.4 Å². The summed E-state index contributed by atoms with van der Waals surface area (Å²) in [6.07, 6.45) is 0. The van der Waals surface area contributed by atoms with Crippen molar-refractivity contribution in [2.75, 3.05) is 5.75 Å². The van der Waals surface area contributed by atoms with Crippen LogP contribution in [-0.4, -0.2) is 25.8 Å². The normalized spacial score (nSPS) is 11.8. The third-order valence-corrected chi connectivity index (χ3v) is 3.18. The molecule has 0 saturated heterocycles. The van der Waals surface area contributed by atoms with Gasteiger partial charge in [0.25, 0.3) is 11.4 Å². The molecule has 0 unspecified atom stereocenters. The summed E-state index contributed by atoms with van der Waals surface area (Å²) >= 11 is 0. The molecule has 0 aliphatic carbocycles. The maximum Gasteiger partial charge on any atom is 0.292 e. The molecule has 10 heteroatoms. The molecule has 1 aromatic rings. The average Bonchev–Trinajstić information content (AvgIpc) is 2.26. The van der Waals surface area contributed by atoms with Crippen LogP contribution in [0.1, 0.15) is 0 Å². The summed E-state index contributed by atoms with van der Waals surface area (Å²) in [5, 5.41) is 31.4. The van der Waals surface area contributed by atoms with Crippen molar-refractivity contribution in [1.82, 2.24) is 0 Å². The maximum atomic E-state index is 11.5. The molecule has 18 heavy (non-hydrogen) atoms. The minimum absolute atomic E-state index is 0.394. The van der Waals surface area contributed by atoms with E-state index in [4.69, 9.17) is 0 Å². The second kappa shape index (κ2) is 5.31. The zero-order valence-corrected chi connectivity index (χ0v) is 9.42. The number of aliphatic carboxylic acids is 1. The Morgan fingerprint density at radius 3 is 2.28 bits per heavy atom. The Hall–Kier alpha value is -2.36. The van der Waals surface area contributed by atoms with E-state index in [0.717, 1.165) is 12.1 Å². The number of nitro groups is 2. The monoisotopic (exact) mass is 273 g/mol. The zero-order chi connectivity index (χ0) is 13.9. The number of carbonyl (C=O) groups is 1. The number of nitro benzene ring substituents is 2. The SMILES string of the molecule is O=C([O-])C[S@](=O)c1ccc([N+](=O)[O-])cc1[N+](=O)[O-]. The molecule has 1 rings (SSSR count). The van der Waals surface area contributed by atoms with Crippen molar-refractivity contribution in [2.24, 2.45) is 0 Å². The fraction of sp³-hybridized carbons (Fsp3) is 0.125. The van der Waals surface area contributed by atoms with Crippen LogP contribution in [0.4, 0.5) is 11.4 Å². The first-order valence-electron chi connectivity index (χ1n) is 4.34. The van der Waals surface area contributed by atoms with Crippen LogP contribution in [0.2, 0.25) is 0 Å². The van der Waals surface area contributed by atoms with Crippen LogP contribution in [0.5, 0.6) is 0 Å². The van der Waals surface area contributed by atoms with Crippen molar-refractivity contribution in [3.8, 4) is 0 Å². The van der Waals surface area contributed by atoms with Crippen LogP contribution >= 0.6 is 0 Å². The van der Waals surface area contributed by atoms with Crippen LogP contribution in [0, 0.1) is 20.2 Å². The molecule has 0 amide bonds. The quantitative estimate of drug-likeness (QED) is 0.512. The molecule has 96 valence electrons. The van der Waals surface area contributed by atoms with E-state index in [1.807, 2.05) is 0 Å². The Morgan fingerprint density at radius 1 is 1.22 bits per heavy atom. The third-order valence-electron chi connectivity index (χ3n) is 1.84. The Bertz CT molecular complexity index is 556. The molecule has 0 fully saturated rings. The van der Waals surface area contributed by atoms with Gasteiger partial charge >= 0.3 is 0 Å². The average molecular weight is 273 g/mol. The molecule has 0 aliphatic rings. The number of carboxylic acid groups (broad SMARTS) is 1. The van der Waals surface area contributed by atoms with Crippen LogP contribution in [0.15, 0.2) is 23.1 Å². The molecule has 0 aliphatic heterocycles. The topological polar surface area (TPSA) is 143 Å². The third kappa shape index (κ3) is 3.07. The summed E-state index contributed by atoms with van der Waals surface area (Å²) in [5.41, 5.74) is -1.31. The number of benzene rings is 1. The van der Waals surface area contributed by atoms with Crippen LogP contribution < -0.4 is 5.11 Å². The standard InChI is InChI=1S/C8H6N2O7S/c11-8(12)4-18(17)7-2-1-5(9(13)14)3-6(7)10(15)16/h1-3H,4H2,(H,11,12)/p-1/t18-/m0/s1. The highest BCUT2D eigenvalue weighted by Crippen LogP contribution is 2.27. The number of hydrogen-bond donors (Lipinski definition) is 0. The second-order valence-electron chi connectivity index (χ2n) is 3.03. The van der Waals surface area contributed by atoms with E-state index in [1.165, 1.54) is 0 Å². The maximum absolute atomic E-state index is 11.5. The van der Waals surface area contributed by atoms with E-state index in [9.17, 15) is 34.3 Å². The Morgan fingerprint density at radius 2 is 1.83 bits per heavy atom.